The second-order valence-corrected chi connectivity index (χ2v) is 7.75. The summed E-state index contributed by atoms with van der Waals surface area (Å²) in [5, 5.41) is 13.3. The molecule has 33 heavy (non-hydrogen) atoms. The zero-order chi connectivity index (χ0) is 22.8. The Balaban J connectivity index is 1.56. The van der Waals surface area contributed by atoms with E-state index in [0.717, 1.165) is 33.3 Å². The van der Waals surface area contributed by atoms with E-state index in [2.05, 4.69) is 25.5 Å². The van der Waals surface area contributed by atoms with Crippen LogP contribution in [-0.4, -0.2) is 47.9 Å². The molecule has 5 aromatic rings. The average Bonchev–Trinajstić information content (AvgIpc) is 3.35. The van der Waals surface area contributed by atoms with Crippen LogP contribution in [0.4, 0.5) is 0 Å². The van der Waals surface area contributed by atoms with Crippen LogP contribution in [0.15, 0.2) is 67.1 Å². The van der Waals surface area contributed by atoms with Gasteiger partial charge in [-0.05, 0) is 52.7 Å². The van der Waals surface area contributed by atoms with E-state index in [-0.39, 0.29) is 11.6 Å². The first-order chi connectivity index (χ1) is 16.1. The van der Waals surface area contributed by atoms with Crippen LogP contribution < -0.4 is 4.74 Å². The maximum atomic E-state index is 13.4. The Kier molecular flexibility index (Phi) is 5.35. The molecule has 9 nitrogen and oxygen atoms in total. The van der Waals surface area contributed by atoms with Crippen molar-refractivity contribution >= 4 is 22.5 Å². The standard InChI is InChI=1S/C24H21N7O2/c1-16-3-6-18-12-19(23-27-28-29-31(23)22(18)11-16)15-30(24(32)21-13-25-9-10-26-21)14-17-4-7-20(33-2)8-5-17/h3-13H,14-15H2,1-2H3. The summed E-state index contributed by atoms with van der Waals surface area (Å²) in [7, 11) is 1.62. The minimum absolute atomic E-state index is 0.228. The van der Waals surface area contributed by atoms with Crippen molar-refractivity contribution in [2.75, 3.05) is 7.11 Å². The summed E-state index contributed by atoms with van der Waals surface area (Å²) < 4.78 is 6.97. The highest BCUT2D eigenvalue weighted by Crippen LogP contribution is 2.23. The normalized spacial score (nSPS) is 11.1. The molecule has 0 unspecified atom stereocenters. The van der Waals surface area contributed by atoms with Crippen molar-refractivity contribution in [3.05, 3.63) is 89.5 Å². The summed E-state index contributed by atoms with van der Waals surface area (Å²) in [6.45, 7) is 2.70. The van der Waals surface area contributed by atoms with Gasteiger partial charge in [0.25, 0.3) is 5.91 Å². The average molecular weight is 439 g/mol. The Morgan fingerprint density at radius 3 is 2.67 bits per heavy atom. The smallest absolute Gasteiger partial charge is 0.274 e. The van der Waals surface area contributed by atoms with Crippen LogP contribution >= 0.6 is 0 Å². The van der Waals surface area contributed by atoms with Crippen LogP contribution in [0.25, 0.3) is 16.6 Å². The number of amides is 1. The lowest BCUT2D eigenvalue weighted by Crippen LogP contribution is -2.31. The third-order valence-corrected chi connectivity index (χ3v) is 5.46. The number of pyridine rings is 1. The van der Waals surface area contributed by atoms with Gasteiger partial charge >= 0.3 is 0 Å². The highest BCUT2D eigenvalue weighted by atomic mass is 16.5. The monoisotopic (exact) mass is 439 g/mol. The second kappa shape index (κ2) is 8.62. The number of hydrogen-bond donors (Lipinski definition) is 0. The van der Waals surface area contributed by atoms with Gasteiger partial charge in [-0.1, -0.05) is 24.3 Å². The molecule has 0 aliphatic carbocycles. The zero-order valence-electron chi connectivity index (χ0n) is 18.2. The second-order valence-electron chi connectivity index (χ2n) is 7.75. The van der Waals surface area contributed by atoms with Crippen LogP contribution in [0, 0.1) is 6.92 Å². The summed E-state index contributed by atoms with van der Waals surface area (Å²) in [6.07, 6.45) is 4.53. The van der Waals surface area contributed by atoms with Crippen LogP contribution in [0.2, 0.25) is 0 Å². The predicted octanol–water partition coefficient (Wildman–Crippen LogP) is 3.23. The summed E-state index contributed by atoms with van der Waals surface area (Å²) >= 11 is 0. The number of fused-ring (bicyclic) bond motifs is 3. The third-order valence-electron chi connectivity index (χ3n) is 5.46. The van der Waals surface area contributed by atoms with E-state index in [1.54, 1.807) is 22.7 Å². The molecule has 0 spiro atoms. The highest BCUT2D eigenvalue weighted by molar-refractivity contribution is 5.92. The van der Waals surface area contributed by atoms with Gasteiger partial charge in [-0.15, -0.1) is 5.10 Å². The molecule has 0 saturated carbocycles. The van der Waals surface area contributed by atoms with E-state index < -0.39 is 0 Å². The molecule has 3 heterocycles. The third kappa shape index (κ3) is 4.08. The Bertz CT molecular complexity index is 1430. The SMILES string of the molecule is COc1ccc(CN(Cc2cc3ccc(C)cc3n3nnnc23)C(=O)c2cnccn2)cc1. The van der Waals surface area contributed by atoms with E-state index >= 15 is 0 Å². The van der Waals surface area contributed by atoms with Crippen LogP contribution in [0.5, 0.6) is 5.75 Å². The lowest BCUT2D eigenvalue weighted by atomic mass is 10.1. The van der Waals surface area contributed by atoms with Crippen LogP contribution in [0.1, 0.15) is 27.2 Å². The van der Waals surface area contributed by atoms with Gasteiger partial charge in [-0.25, -0.2) is 4.98 Å². The number of carbonyl (C=O) groups excluding carboxylic acids is 1. The fourth-order valence-electron chi connectivity index (χ4n) is 3.81. The lowest BCUT2D eigenvalue weighted by Gasteiger charge is -2.23. The number of rotatable bonds is 6. The Labute approximate surface area is 189 Å². The molecule has 0 N–H and O–H groups in total. The molecule has 0 saturated heterocycles. The van der Waals surface area contributed by atoms with E-state index in [1.165, 1.54) is 12.4 Å². The fraction of sp³-hybridized carbons (Fsp3) is 0.167. The molecule has 164 valence electrons. The van der Waals surface area contributed by atoms with Crippen molar-refractivity contribution in [2.45, 2.75) is 20.0 Å². The van der Waals surface area contributed by atoms with Gasteiger partial charge in [0.15, 0.2) is 5.65 Å². The van der Waals surface area contributed by atoms with E-state index in [1.807, 2.05) is 55.5 Å². The molecule has 9 heteroatoms. The predicted molar refractivity (Wildman–Crippen MR) is 122 cm³/mol. The number of carbonyl (C=O) groups is 1. The topological polar surface area (TPSA) is 98.4 Å². The summed E-state index contributed by atoms with van der Waals surface area (Å²) in [4.78, 5) is 23.4. The lowest BCUT2D eigenvalue weighted by molar-refractivity contribution is 0.0724. The quantitative estimate of drug-likeness (QED) is 0.401. The van der Waals surface area contributed by atoms with Crippen molar-refractivity contribution in [2.24, 2.45) is 0 Å². The first-order valence-electron chi connectivity index (χ1n) is 10.4. The van der Waals surface area contributed by atoms with Gasteiger partial charge in [0.1, 0.15) is 11.4 Å². The first-order valence-corrected chi connectivity index (χ1v) is 10.4. The molecular formula is C24H21N7O2. The van der Waals surface area contributed by atoms with Crippen molar-refractivity contribution in [3.63, 3.8) is 0 Å². The number of benzene rings is 2. The number of ether oxygens (including phenoxy) is 1. The van der Waals surface area contributed by atoms with Crippen molar-refractivity contribution < 1.29 is 9.53 Å². The minimum Gasteiger partial charge on any atom is -0.497 e. The summed E-state index contributed by atoms with van der Waals surface area (Å²) in [5.41, 5.74) is 4.71. The Hall–Kier alpha value is -4.40. The molecule has 0 radical (unpaired) electrons. The minimum atomic E-state index is -0.228. The molecule has 2 aromatic carbocycles. The highest BCUT2D eigenvalue weighted by Gasteiger charge is 2.21. The van der Waals surface area contributed by atoms with E-state index in [0.29, 0.717) is 18.7 Å². The molecule has 0 atom stereocenters. The fourth-order valence-corrected chi connectivity index (χ4v) is 3.81. The molecule has 0 bridgehead atoms. The van der Waals surface area contributed by atoms with Crippen LogP contribution in [-0.2, 0) is 13.1 Å². The van der Waals surface area contributed by atoms with Gasteiger partial charge in [-0.2, -0.15) is 4.52 Å². The first kappa shape index (κ1) is 20.5. The zero-order valence-corrected chi connectivity index (χ0v) is 18.2. The van der Waals surface area contributed by atoms with Crippen molar-refractivity contribution in [1.29, 1.82) is 0 Å². The Morgan fingerprint density at radius 1 is 1.06 bits per heavy atom. The van der Waals surface area contributed by atoms with Gasteiger partial charge < -0.3 is 9.64 Å². The van der Waals surface area contributed by atoms with Crippen LogP contribution in [0.3, 0.4) is 0 Å². The molecular weight excluding hydrogens is 418 g/mol. The van der Waals surface area contributed by atoms with Gasteiger partial charge in [0.2, 0.25) is 0 Å². The Morgan fingerprint density at radius 2 is 1.91 bits per heavy atom. The summed E-state index contributed by atoms with van der Waals surface area (Å²) in [5.74, 6) is 0.528. The van der Waals surface area contributed by atoms with Gasteiger partial charge in [0, 0.05) is 29.9 Å². The maximum Gasteiger partial charge on any atom is 0.274 e. The number of aromatic nitrogens is 6. The van der Waals surface area contributed by atoms with Gasteiger partial charge in [0.05, 0.1) is 25.4 Å². The van der Waals surface area contributed by atoms with Crippen molar-refractivity contribution in [1.82, 2.24) is 34.9 Å². The molecule has 1 amide bonds. The molecule has 0 aliphatic heterocycles. The van der Waals surface area contributed by atoms with E-state index in [4.69, 9.17) is 4.74 Å². The number of nitrogens with zero attached hydrogens (tertiary/aromatic N) is 7. The number of tetrazole rings is 1. The molecule has 5 rings (SSSR count). The van der Waals surface area contributed by atoms with Gasteiger partial charge in [-0.3, -0.25) is 9.78 Å². The van der Waals surface area contributed by atoms with Crippen molar-refractivity contribution in [3.8, 4) is 5.75 Å². The summed E-state index contributed by atoms with van der Waals surface area (Å²) in [6, 6.07) is 15.8. The molecule has 3 aromatic heterocycles. The maximum absolute atomic E-state index is 13.4. The number of methoxy groups -OCH3 is 1. The number of aryl methyl sites for hydroxylation is 1. The molecule has 0 aliphatic rings. The van der Waals surface area contributed by atoms with E-state index in [9.17, 15) is 4.79 Å². The largest absolute Gasteiger partial charge is 0.497 e. The molecule has 0 fully saturated rings. The number of hydrogen-bond acceptors (Lipinski definition) is 7.